The largest absolute Gasteiger partial charge is 0.496 e. The molecule has 1 aromatic carbocycles. The minimum Gasteiger partial charge on any atom is -0.496 e. The summed E-state index contributed by atoms with van der Waals surface area (Å²) in [4.78, 5) is 10.5. The molecule has 0 aliphatic heterocycles. The van der Waals surface area contributed by atoms with Crippen LogP contribution in [0, 0.1) is 6.92 Å². The highest BCUT2D eigenvalue weighted by Crippen LogP contribution is 2.18. The summed E-state index contributed by atoms with van der Waals surface area (Å²) < 4.78 is 5.16. The second kappa shape index (κ2) is 5.66. The molecule has 0 heterocycles. The van der Waals surface area contributed by atoms with Crippen LogP contribution < -0.4 is 10.1 Å². The van der Waals surface area contributed by atoms with E-state index in [4.69, 9.17) is 4.74 Å². The highest BCUT2D eigenvalue weighted by Gasteiger charge is 2.00. The molecule has 1 N–H and O–H groups in total. The molecule has 1 rings (SSSR count). The van der Waals surface area contributed by atoms with Crippen molar-refractivity contribution in [1.82, 2.24) is 5.32 Å². The zero-order valence-corrected chi connectivity index (χ0v) is 9.80. The van der Waals surface area contributed by atoms with Gasteiger partial charge in [-0.3, -0.25) is 4.79 Å². The van der Waals surface area contributed by atoms with Crippen molar-refractivity contribution in [2.24, 2.45) is 0 Å². The molecule has 0 aliphatic carbocycles. The molecule has 4 heteroatoms. The fourth-order valence-electron chi connectivity index (χ4n) is 1.41. The zero-order valence-electron chi connectivity index (χ0n) is 8.91. The Kier molecular flexibility index (Phi) is 4.49. The third kappa shape index (κ3) is 3.83. The molecule has 0 saturated heterocycles. The van der Waals surface area contributed by atoms with Crippen LogP contribution >= 0.6 is 12.6 Å². The van der Waals surface area contributed by atoms with Gasteiger partial charge in [0.25, 0.3) is 5.24 Å². The molecule has 1 aromatic rings. The molecular formula is C11H15NO2S. The van der Waals surface area contributed by atoms with Gasteiger partial charge in [0.1, 0.15) is 5.75 Å². The van der Waals surface area contributed by atoms with Gasteiger partial charge in [-0.25, -0.2) is 0 Å². The Morgan fingerprint density at radius 2 is 2.27 bits per heavy atom. The average molecular weight is 225 g/mol. The maximum absolute atomic E-state index is 10.5. The van der Waals surface area contributed by atoms with Crippen molar-refractivity contribution in [3.8, 4) is 5.75 Å². The third-order valence-electron chi connectivity index (χ3n) is 2.15. The quantitative estimate of drug-likeness (QED) is 0.771. The standard InChI is InChI=1S/C11H15NO2S/c1-8-7-9(3-4-10(8)14-2)5-6-12-11(13)15/h3-4,7H,5-6H2,1-2H3,(H2,12,13,15). The van der Waals surface area contributed by atoms with Gasteiger partial charge in [0, 0.05) is 6.54 Å². The van der Waals surface area contributed by atoms with E-state index in [-0.39, 0.29) is 5.24 Å². The van der Waals surface area contributed by atoms with Crippen LogP contribution in [0.15, 0.2) is 18.2 Å². The van der Waals surface area contributed by atoms with E-state index >= 15 is 0 Å². The summed E-state index contributed by atoms with van der Waals surface area (Å²) in [7, 11) is 1.66. The first-order valence-corrected chi connectivity index (χ1v) is 5.18. The van der Waals surface area contributed by atoms with Crippen molar-refractivity contribution in [3.05, 3.63) is 29.3 Å². The van der Waals surface area contributed by atoms with Crippen molar-refractivity contribution in [1.29, 1.82) is 0 Å². The number of methoxy groups -OCH3 is 1. The Balaban J connectivity index is 2.55. The number of carbonyl (C=O) groups excluding carboxylic acids is 1. The summed E-state index contributed by atoms with van der Waals surface area (Å²) in [5.41, 5.74) is 2.28. The Morgan fingerprint density at radius 3 is 2.80 bits per heavy atom. The lowest BCUT2D eigenvalue weighted by Crippen LogP contribution is -2.19. The number of rotatable bonds is 4. The monoisotopic (exact) mass is 225 g/mol. The molecule has 0 aromatic heterocycles. The maximum atomic E-state index is 10.5. The van der Waals surface area contributed by atoms with Gasteiger partial charge in [-0.15, -0.1) is 0 Å². The first-order chi connectivity index (χ1) is 7.13. The first kappa shape index (κ1) is 11.9. The van der Waals surface area contributed by atoms with Crippen LogP contribution in [-0.2, 0) is 6.42 Å². The van der Waals surface area contributed by atoms with Gasteiger partial charge < -0.3 is 10.1 Å². The number of carbonyl (C=O) groups is 1. The van der Waals surface area contributed by atoms with Gasteiger partial charge in [-0.2, -0.15) is 0 Å². The molecule has 3 nitrogen and oxygen atoms in total. The van der Waals surface area contributed by atoms with E-state index in [0.717, 1.165) is 17.7 Å². The summed E-state index contributed by atoms with van der Waals surface area (Å²) >= 11 is 3.63. The Hall–Kier alpha value is -1.16. The van der Waals surface area contributed by atoms with Gasteiger partial charge in [0.15, 0.2) is 0 Å². The lowest BCUT2D eigenvalue weighted by atomic mass is 10.1. The molecule has 0 saturated carbocycles. The summed E-state index contributed by atoms with van der Waals surface area (Å²) in [6.45, 7) is 2.60. The van der Waals surface area contributed by atoms with Crippen LogP contribution in [0.25, 0.3) is 0 Å². The smallest absolute Gasteiger partial charge is 0.275 e. The van der Waals surface area contributed by atoms with E-state index in [9.17, 15) is 4.79 Å². The minimum atomic E-state index is -0.291. The highest BCUT2D eigenvalue weighted by atomic mass is 32.1. The third-order valence-corrected chi connectivity index (χ3v) is 2.31. The lowest BCUT2D eigenvalue weighted by Gasteiger charge is -2.07. The van der Waals surface area contributed by atoms with Crippen LogP contribution in [0.5, 0.6) is 5.75 Å². The Morgan fingerprint density at radius 1 is 1.53 bits per heavy atom. The molecule has 0 atom stereocenters. The van der Waals surface area contributed by atoms with Crippen LogP contribution in [-0.4, -0.2) is 18.9 Å². The van der Waals surface area contributed by atoms with Crippen LogP contribution in [0.3, 0.4) is 0 Å². The number of hydrogen-bond donors (Lipinski definition) is 2. The van der Waals surface area contributed by atoms with Gasteiger partial charge in [0.2, 0.25) is 0 Å². The second-order valence-corrected chi connectivity index (χ2v) is 3.69. The number of aryl methyl sites for hydroxylation is 1. The van der Waals surface area contributed by atoms with Crippen molar-refractivity contribution in [2.45, 2.75) is 13.3 Å². The number of nitrogens with one attached hydrogen (secondary N) is 1. The van der Waals surface area contributed by atoms with Crippen LogP contribution in [0.4, 0.5) is 4.79 Å². The summed E-state index contributed by atoms with van der Waals surface area (Å²) in [6.07, 6.45) is 0.803. The summed E-state index contributed by atoms with van der Waals surface area (Å²) in [6, 6.07) is 5.99. The predicted octanol–water partition coefficient (Wildman–Crippen LogP) is 2.19. The van der Waals surface area contributed by atoms with E-state index in [2.05, 4.69) is 24.0 Å². The molecule has 82 valence electrons. The number of thiol groups is 1. The molecular weight excluding hydrogens is 210 g/mol. The second-order valence-electron chi connectivity index (χ2n) is 3.29. The van der Waals surface area contributed by atoms with Gasteiger partial charge in [-0.05, 0) is 30.5 Å². The van der Waals surface area contributed by atoms with E-state index < -0.39 is 0 Å². The number of benzene rings is 1. The van der Waals surface area contributed by atoms with Gasteiger partial charge in [0.05, 0.1) is 7.11 Å². The van der Waals surface area contributed by atoms with Crippen molar-refractivity contribution in [3.63, 3.8) is 0 Å². The average Bonchev–Trinajstić information content (AvgIpc) is 2.17. The Labute approximate surface area is 95.2 Å². The van der Waals surface area contributed by atoms with E-state index in [1.54, 1.807) is 7.11 Å². The Bertz CT molecular complexity index is 352. The number of amides is 1. The zero-order chi connectivity index (χ0) is 11.3. The van der Waals surface area contributed by atoms with Crippen LogP contribution in [0.1, 0.15) is 11.1 Å². The summed E-state index contributed by atoms with van der Waals surface area (Å²) in [5.74, 6) is 0.886. The van der Waals surface area contributed by atoms with Crippen molar-refractivity contribution >= 4 is 17.9 Å². The number of ether oxygens (including phenoxy) is 1. The maximum Gasteiger partial charge on any atom is 0.275 e. The van der Waals surface area contributed by atoms with Gasteiger partial charge >= 0.3 is 0 Å². The topological polar surface area (TPSA) is 38.3 Å². The molecule has 1 amide bonds. The molecule has 0 bridgehead atoms. The minimum absolute atomic E-state index is 0.291. The van der Waals surface area contributed by atoms with E-state index in [0.29, 0.717) is 6.54 Å². The van der Waals surface area contributed by atoms with Crippen LogP contribution in [0.2, 0.25) is 0 Å². The molecule has 0 radical (unpaired) electrons. The van der Waals surface area contributed by atoms with Crippen molar-refractivity contribution in [2.75, 3.05) is 13.7 Å². The predicted molar refractivity (Wildman–Crippen MR) is 63.8 cm³/mol. The molecule has 0 unspecified atom stereocenters. The fraction of sp³-hybridized carbons (Fsp3) is 0.364. The van der Waals surface area contributed by atoms with E-state index in [1.165, 1.54) is 5.56 Å². The summed E-state index contributed by atoms with van der Waals surface area (Å²) in [5, 5.41) is 2.34. The lowest BCUT2D eigenvalue weighted by molar-refractivity contribution is 0.261. The molecule has 0 aliphatic rings. The first-order valence-electron chi connectivity index (χ1n) is 4.74. The highest BCUT2D eigenvalue weighted by molar-refractivity contribution is 7.96. The number of hydrogen-bond acceptors (Lipinski definition) is 2. The van der Waals surface area contributed by atoms with E-state index in [1.807, 2.05) is 19.1 Å². The van der Waals surface area contributed by atoms with Crippen molar-refractivity contribution < 1.29 is 9.53 Å². The molecule has 0 spiro atoms. The SMILES string of the molecule is COc1ccc(CCNC(=O)S)cc1C. The van der Waals surface area contributed by atoms with Gasteiger partial charge in [-0.1, -0.05) is 24.8 Å². The normalized spacial score (nSPS) is 9.80. The fourth-order valence-corrected chi connectivity index (χ4v) is 1.52. The molecule has 0 fully saturated rings. The molecule has 15 heavy (non-hydrogen) atoms.